The number of nitriles is 1. The van der Waals surface area contributed by atoms with Gasteiger partial charge in [-0.15, -0.1) is 0 Å². The number of hydrogen-bond donors (Lipinski definition) is 1. The van der Waals surface area contributed by atoms with Crippen molar-refractivity contribution < 1.29 is 4.79 Å². The van der Waals surface area contributed by atoms with Gasteiger partial charge in [0.05, 0.1) is 0 Å². The number of hydrogen-bond acceptors (Lipinski definition) is 5. The van der Waals surface area contributed by atoms with Crippen molar-refractivity contribution in [2.45, 2.75) is 6.54 Å². The Labute approximate surface area is 172 Å². The fraction of sp³-hybridized carbons (Fsp3) is 0.304. The largest absolute Gasteiger partial charge is 0.378 e. The third-order valence-electron chi connectivity index (χ3n) is 5.03. The molecule has 0 bridgehead atoms. The molecule has 1 amide bonds. The summed E-state index contributed by atoms with van der Waals surface area (Å²) in [5, 5.41) is 12.5. The molecule has 150 valence electrons. The maximum Gasteiger partial charge on any atom is 0.266 e. The molecule has 29 heavy (non-hydrogen) atoms. The van der Waals surface area contributed by atoms with E-state index in [1.54, 1.807) is 4.90 Å². The molecule has 0 aliphatic carbocycles. The van der Waals surface area contributed by atoms with Crippen molar-refractivity contribution in [2.24, 2.45) is 0 Å². The summed E-state index contributed by atoms with van der Waals surface area (Å²) in [7, 11) is 3.96. The minimum absolute atomic E-state index is 0.123. The average molecular weight is 390 g/mol. The van der Waals surface area contributed by atoms with Crippen LogP contribution >= 0.6 is 0 Å². The molecular weight excluding hydrogens is 362 g/mol. The van der Waals surface area contributed by atoms with E-state index in [1.807, 2.05) is 67.5 Å². The maximum atomic E-state index is 12.7. The normalized spacial score (nSPS) is 14.9. The van der Waals surface area contributed by atoms with Gasteiger partial charge in [0.2, 0.25) is 0 Å². The van der Waals surface area contributed by atoms with E-state index in [9.17, 15) is 10.1 Å². The molecule has 0 atom stereocenters. The minimum atomic E-state index is -0.218. The molecule has 6 nitrogen and oxygen atoms in total. The van der Waals surface area contributed by atoms with Crippen LogP contribution in [0.15, 0.2) is 66.4 Å². The van der Waals surface area contributed by atoms with Crippen molar-refractivity contribution in [2.75, 3.05) is 50.5 Å². The number of benzene rings is 2. The molecule has 2 aromatic carbocycles. The Hall–Kier alpha value is -3.30. The number of carbonyl (C=O) groups excluding carboxylic acids is 1. The second-order valence-electron chi connectivity index (χ2n) is 7.31. The van der Waals surface area contributed by atoms with Gasteiger partial charge in [0, 0.05) is 64.4 Å². The van der Waals surface area contributed by atoms with Crippen LogP contribution < -0.4 is 10.2 Å². The third kappa shape index (κ3) is 5.59. The third-order valence-corrected chi connectivity index (χ3v) is 5.03. The molecule has 1 fully saturated rings. The highest BCUT2D eigenvalue weighted by Crippen LogP contribution is 2.16. The van der Waals surface area contributed by atoms with E-state index in [0.717, 1.165) is 31.0 Å². The Morgan fingerprint density at radius 2 is 1.72 bits per heavy atom. The van der Waals surface area contributed by atoms with E-state index in [-0.39, 0.29) is 11.5 Å². The summed E-state index contributed by atoms with van der Waals surface area (Å²) in [4.78, 5) is 18.8. The Bertz CT molecular complexity index is 876. The summed E-state index contributed by atoms with van der Waals surface area (Å²) in [5.74, 6) is -0.218. The van der Waals surface area contributed by atoms with Gasteiger partial charge in [-0.2, -0.15) is 5.26 Å². The number of anilines is 2. The van der Waals surface area contributed by atoms with Crippen molar-refractivity contribution in [1.82, 2.24) is 9.80 Å². The molecule has 6 heteroatoms. The second-order valence-corrected chi connectivity index (χ2v) is 7.31. The van der Waals surface area contributed by atoms with E-state index in [4.69, 9.17) is 0 Å². The molecule has 0 saturated carbocycles. The second kappa shape index (κ2) is 9.76. The van der Waals surface area contributed by atoms with Crippen LogP contribution in [-0.4, -0.2) is 56.0 Å². The fourth-order valence-electron chi connectivity index (χ4n) is 3.27. The number of piperazine rings is 1. The lowest BCUT2D eigenvalue weighted by atomic mass is 10.2. The van der Waals surface area contributed by atoms with Crippen molar-refractivity contribution >= 4 is 17.3 Å². The summed E-state index contributed by atoms with van der Waals surface area (Å²) in [5.41, 5.74) is 3.32. The number of carbonyl (C=O) groups is 1. The lowest BCUT2D eigenvalue weighted by Crippen LogP contribution is -2.48. The van der Waals surface area contributed by atoms with Gasteiger partial charge >= 0.3 is 0 Å². The lowest BCUT2D eigenvalue weighted by molar-refractivity contribution is -0.128. The highest BCUT2D eigenvalue weighted by Gasteiger charge is 2.23. The van der Waals surface area contributed by atoms with Crippen LogP contribution in [-0.2, 0) is 11.3 Å². The predicted octanol–water partition coefficient (Wildman–Crippen LogP) is 2.92. The monoisotopic (exact) mass is 389 g/mol. The molecule has 1 aliphatic heterocycles. The van der Waals surface area contributed by atoms with Gasteiger partial charge in [-0.05, 0) is 29.8 Å². The zero-order valence-electron chi connectivity index (χ0n) is 17.0. The Kier molecular flexibility index (Phi) is 6.88. The maximum absolute atomic E-state index is 12.7. The molecule has 0 spiro atoms. The van der Waals surface area contributed by atoms with Crippen molar-refractivity contribution in [1.29, 1.82) is 5.26 Å². The van der Waals surface area contributed by atoms with Crippen LogP contribution in [0, 0.1) is 11.3 Å². The molecule has 3 rings (SSSR count). The van der Waals surface area contributed by atoms with Gasteiger partial charge in [-0.1, -0.05) is 30.3 Å². The predicted molar refractivity (Wildman–Crippen MR) is 116 cm³/mol. The first-order chi connectivity index (χ1) is 14.1. The SMILES string of the molecule is CN(C)c1ccc(N/C=C(/C#N)C(=O)N2CCN(Cc3ccccc3)CC2)cc1. The van der Waals surface area contributed by atoms with Gasteiger partial charge in [0.25, 0.3) is 5.91 Å². The minimum Gasteiger partial charge on any atom is -0.378 e. The fourth-order valence-corrected chi connectivity index (χ4v) is 3.27. The zero-order chi connectivity index (χ0) is 20.6. The first-order valence-corrected chi connectivity index (χ1v) is 9.76. The topological polar surface area (TPSA) is 62.6 Å². The zero-order valence-corrected chi connectivity index (χ0v) is 17.0. The van der Waals surface area contributed by atoms with E-state index in [1.165, 1.54) is 11.8 Å². The Morgan fingerprint density at radius 3 is 2.31 bits per heavy atom. The molecule has 1 saturated heterocycles. The van der Waals surface area contributed by atoms with E-state index < -0.39 is 0 Å². The molecular formula is C23H27N5O. The summed E-state index contributed by atoms with van der Waals surface area (Å²) >= 11 is 0. The Morgan fingerprint density at radius 1 is 1.07 bits per heavy atom. The summed E-state index contributed by atoms with van der Waals surface area (Å²) < 4.78 is 0. The molecule has 1 N–H and O–H groups in total. The van der Waals surface area contributed by atoms with Gasteiger partial charge in [0.1, 0.15) is 11.6 Å². The van der Waals surface area contributed by atoms with Gasteiger partial charge < -0.3 is 15.1 Å². The summed E-state index contributed by atoms with van der Waals surface area (Å²) in [6.45, 7) is 3.75. The van der Waals surface area contributed by atoms with Crippen LogP contribution in [0.4, 0.5) is 11.4 Å². The quantitative estimate of drug-likeness (QED) is 0.608. The van der Waals surface area contributed by atoms with Crippen LogP contribution in [0.1, 0.15) is 5.56 Å². The molecule has 2 aromatic rings. The molecule has 1 aliphatic rings. The lowest BCUT2D eigenvalue weighted by Gasteiger charge is -2.34. The van der Waals surface area contributed by atoms with E-state index in [2.05, 4.69) is 22.3 Å². The van der Waals surface area contributed by atoms with Crippen LogP contribution in [0.25, 0.3) is 0 Å². The number of nitrogens with zero attached hydrogens (tertiary/aromatic N) is 4. The number of amides is 1. The van der Waals surface area contributed by atoms with Crippen LogP contribution in [0.5, 0.6) is 0 Å². The van der Waals surface area contributed by atoms with Crippen molar-refractivity contribution in [3.05, 3.63) is 71.9 Å². The van der Waals surface area contributed by atoms with Crippen molar-refractivity contribution in [3.8, 4) is 6.07 Å². The molecule has 1 heterocycles. The van der Waals surface area contributed by atoms with Gasteiger partial charge in [0.15, 0.2) is 0 Å². The highest BCUT2D eigenvalue weighted by atomic mass is 16.2. The molecule has 0 radical (unpaired) electrons. The standard InChI is InChI=1S/C23H27N5O/c1-26(2)22-10-8-21(9-11-22)25-17-20(16-24)23(29)28-14-12-27(13-15-28)18-19-6-4-3-5-7-19/h3-11,17,25H,12-15,18H2,1-2H3/b20-17-. The van der Waals surface area contributed by atoms with Gasteiger partial charge in [-0.25, -0.2) is 0 Å². The molecule has 0 unspecified atom stereocenters. The highest BCUT2D eigenvalue weighted by molar-refractivity contribution is 5.97. The van der Waals surface area contributed by atoms with Crippen molar-refractivity contribution in [3.63, 3.8) is 0 Å². The summed E-state index contributed by atoms with van der Waals surface area (Å²) in [6, 6.07) is 20.2. The Balaban J connectivity index is 1.54. The average Bonchev–Trinajstić information content (AvgIpc) is 2.75. The number of nitrogens with one attached hydrogen (secondary N) is 1. The smallest absolute Gasteiger partial charge is 0.266 e. The van der Waals surface area contributed by atoms with Gasteiger partial charge in [-0.3, -0.25) is 9.69 Å². The first kappa shape index (κ1) is 20.4. The van der Waals surface area contributed by atoms with E-state index >= 15 is 0 Å². The van der Waals surface area contributed by atoms with Crippen LogP contribution in [0.2, 0.25) is 0 Å². The van der Waals surface area contributed by atoms with E-state index in [0.29, 0.717) is 13.1 Å². The van der Waals surface area contributed by atoms with Crippen LogP contribution in [0.3, 0.4) is 0 Å². The molecule has 0 aromatic heterocycles. The summed E-state index contributed by atoms with van der Waals surface area (Å²) in [6.07, 6.45) is 1.50. The first-order valence-electron chi connectivity index (χ1n) is 9.76. The number of rotatable bonds is 6.